The van der Waals surface area contributed by atoms with Gasteiger partial charge in [0.15, 0.2) is 5.58 Å². The molecule has 1 saturated heterocycles. The Bertz CT molecular complexity index is 1060. The summed E-state index contributed by atoms with van der Waals surface area (Å²) in [6.07, 6.45) is 3.83. The number of aromatic nitrogens is 1. The van der Waals surface area contributed by atoms with Gasteiger partial charge < -0.3 is 14.5 Å². The fourth-order valence-electron chi connectivity index (χ4n) is 4.25. The highest BCUT2D eigenvalue weighted by Crippen LogP contribution is 2.26. The third-order valence-electron chi connectivity index (χ3n) is 5.96. The third-order valence-corrected chi connectivity index (χ3v) is 5.96. The standard InChI is InChI=1S/C24H29N3O4/c1-30-19-11-9-18(10-12-19)21(26-14-5-2-6-15-26)17-25-23(28)13-16-27-20-7-3-4-8-22(20)31-24(27)29/h3-4,7-12,21H,2,5-6,13-17H2,1H3,(H,25,28). The van der Waals surface area contributed by atoms with Crippen molar-refractivity contribution in [2.24, 2.45) is 0 Å². The Morgan fingerprint density at radius 3 is 2.58 bits per heavy atom. The van der Waals surface area contributed by atoms with E-state index in [1.54, 1.807) is 13.2 Å². The van der Waals surface area contributed by atoms with E-state index in [1.807, 2.05) is 30.3 Å². The number of carbonyl (C=O) groups excluding carboxylic acids is 1. The fraction of sp³-hybridized carbons (Fsp3) is 0.417. The summed E-state index contributed by atoms with van der Waals surface area (Å²) >= 11 is 0. The molecule has 1 N–H and O–H groups in total. The molecular formula is C24H29N3O4. The molecule has 1 aliphatic rings. The minimum atomic E-state index is -0.432. The Kier molecular flexibility index (Phi) is 6.72. The molecule has 1 atom stereocenters. The van der Waals surface area contributed by atoms with Crippen LogP contribution >= 0.6 is 0 Å². The van der Waals surface area contributed by atoms with Crippen LogP contribution < -0.4 is 15.8 Å². The number of methoxy groups -OCH3 is 1. The lowest BCUT2D eigenvalue weighted by Gasteiger charge is -2.35. The van der Waals surface area contributed by atoms with Crippen molar-refractivity contribution in [1.29, 1.82) is 0 Å². The minimum Gasteiger partial charge on any atom is -0.497 e. The highest BCUT2D eigenvalue weighted by atomic mass is 16.5. The maximum Gasteiger partial charge on any atom is 0.419 e. The molecule has 31 heavy (non-hydrogen) atoms. The number of aryl methyl sites for hydroxylation is 1. The molecule has 1 aliphatic heterocycles. The summed E-state index contributed by atoms with van der Waals surface area (Å²) in [5, 5.41) is 3.08. The van der Waals surface area contributed by atoms with Crippen molar-refractivity contribution >= 4 is 17.0 Å². The van der Waals surface area contributed by atoms with E-state index in [0.717, 1.165) is 18.8 Å². The van der Waals surface area contributed by atoms with E-state index >= 15 is 0 Å². The predicted octanol–water partition coefficient (Wildman–Crippen LogP) is 3.34. The normalized spacial score (nSPS) is 15.6. The number of fused-ring (bicyclic) bond motifs is 1. The van der Waals surface area contributed by atoms with Gasteiger partial charge in [0.1, 0.15) is 5.75 Å². The number of ether oxygens (including phenoxy) is 1. The maximum absolute atomic E-state index is 12.6. The van der Waals surface area contributed by atoms with Crippen LogP contribution in [0.4, 0.5) is 0 Å². The van der Waals surface area contributed by atoms with Crippen LogP contribution in [0.3, 0.4) is 0 Å². The molecule has 1 amide bonds. The lowest BCUT2D eigenvalue weighted by Crippen LogP contribution is -2.40. The van der Waals surface area contributed by atoms with Gasteiger partial charge in [-0.25, -0.2) is 4.79 Å². The Labute approximate surface area is 181 Å². The number of hydrogen-bond acceptors (Lipinski definition) is 5. The predicted molar refractivity (Wildman–Crippen MR) is 119 cm³/mol. The topological polar surface area (TPSA) is 76.7 Å². The number of amides is 1. The van der Waals surface area contributed by atoms with E-state index in [-0.39, 0.29) is 18.4 Å². The van der Waals surface area contributed by atoms with E-state index < -0.39 is 5.76 Å². The van der Waals surface area contributed by atoms with Crippen LogP contribution in [0.25, 0.3) is 11.1 Å². The first-order chi connectivity index (χ1) is 15.2. The summed E-state index contributed by atoms with van der Waals surface area (Å²) in [5.74, 6) is 0.314. The molecule has 0 saturated carbocycles. The Morgan fingerprint density at radius 2 is 1.84 bits per heavy atom. The lowest BCUT2D eigenvalue weighted by atomic mass is 10.0. The summed E-state index contributed by atoms with van der Waals surface area (Å²) in [4.78, 5) is 27.2. The van der Waals surface area contributed by atoms with Gasteiger partial charge in [-0.05, 0) is 55.8 Å². The molecule has 7 heteroatoms. The fourth-order valence-corrected chi connectivity index (χ4v) is 4.25. The summed E-state index contributed by atoms with van der Waals surface area (Å²) < 4.78 is 12.0. The van der Waals surface area contributed by atoms with E-state index in [4.69, 9.17) is 9.15 Å². The SMILES string of the molecule is COc1ccc(C(CNC(=O)CCn2c(=O)oc3ccccc32)N2CCCCC2)cc1. The smallest absolute Gasteiger partial charge is 0.419 e. The number of para-hydroxylation sites is 2. The van der Waals surface area contributed by atoms with Gasteiger partial charge in [0.05, 0.1) is 18.7 Å². The second-order valence-corrected chi connectivity index (χ2v) is 7.93. The molecule has 0 aliphatic carbocycles. The van der Waals surface area contributed by atoms with Gasteiger partial charge >= 0.3 is 5.76 Å². The number of carbonyl (C=O) groups is 1. The Morgan fingerprint density at radius 1 is 1.10 bits per heavy atom. The van der Waals surface area contributed by atoms with Crippen LogP contribution in [-0.2, 0) is 11.3 Å². The van der Waals surface area contributed by atoms with Crippen LogP contribution in [0.1, 0.15) is 37.3 Å². The number of nitrogens with zero attached hydrogens (tertiary/aromatic N) is 2. The molecule has 3 aromatic rings. The Hall–Kier alpha value is -3.06. The lowest BCUT2D eigenvalue weighted by molar-refractivity contribution is -0.121. The monoisotopic (exact) mass is 423 g/mol. The molecule has 2 aromatic carbocycles. The third kappa shape index (κ3) is 4.99. The second-order valence-electron chi connectivity index (χ2n) is 7.93. The molecule has 0 spiro atoms. The number of nitrogens with one attached hydrogen (secondary N) is 1. The number of oxazole rings is 1. The van der Waals surface area contributed by atoms with Crippen molar-refractivity contribution in [3.8, 4) is 5.75 Å². The van der Waals surface area contributed by atoms with Gasteiger partial charge in [0.2, 0.25) is 5.91 Å². The molecule has 164 valence electrons. The number of rotatable bonds is 8. The molecule has 4 rings (SSSR count). The minimum absolute atomic E-state index is 0.0762. The van der Waals surface area contributed by atoms with E-state index in [2.05, 4.69) is 22.3 Å². The summed E-state index contributed by atoms with van der Waals surface area (Å²) in [5.41, 5.74) is 2.42. The molecule has 0 bridgehead atoms. The zero-order valence-electron chi connectivity index (χ0n) is 17.9. The molecule has 1 unspecified atom stereocenters. The van der Waals surface area contributed by atoms with E-state index in [0.29, 0.717) is 24.2 Å². The summed E-state index contributed by atoms with van der Waals surface area (Å²) in [6.45, 7) is 2.89. The van der Waals surface area contributed by atoms with Crippen LogP contribution in [0.2, 0.25) is 0 Å². The van der Waals surface area contributed by atoms with Crippen molar-refractivity contribution in [3.63, 3.8) is 0 Å². The molecule has 0 radical (unpaired) electrons. The number of likely N-dealkylation sites (tertiary alicyclic amines) is 1. The first-order valence-corrected chi connectivity index (χ1v) is 10.9. The Balaban J connectivity index is 1.40. The van der Waals surface area contributed by atoms with Gasteiger partial charge in [0.25, 0.3) is 0 Å². The van der Waals surface area contributed by atoms with Gasteiger partial charge in [-0.15, -0.1) is 0 Å². The van der Waals surface area contributed by atoms with Gasteiger partial charge in [-0.1, -0.05) is 30.7 Å². The molecule has 1 aromatic heterocycles. The number of benzene rings is 2. The van der Waals surface area contributed by atoms with Crippen LogP contribution in [0.15, 0.2) is 57.7 Å². The number of hydrogen-bond donors (Lipinski definition) is 1. The van der Waals surface area contributed by atoms with Crippen LogP contribution in [0, 0.1) is 0 Å². The van der Waals surface area contributed by atoms with Crippen molar-refractivity contribution in [2.75, 3.05) is 26.7 Å². The first-order valence-electron chi connectivity index (χ1n) is 10.9. The number of piperidine rings is 1. The highest BCUT2D eigenvalue weighted by Gasteiger charge is 2.23. The molecule has 7 nitrogen and oxygen atoms in total. The summed E-state index contributed by atoms with van der Waals surface area (Å²) in [6, 6.07) is 15.4. The average Bonchev–Trinajstić information content (AvgIpc) is 3.13. The van der Waals surface area contributed by atoms with E-state index in [9.17, 15) is 9.59 Å². The van der Waals surface area contributed by atoms with Gasteiger partial charge in [-0.3, -0.25) is 14.3 Å². The van der Waals surface area contributed by atoms with Gasteiger partial charge in [0, 0.05) is 19.5 Å². The van der Waals surface area contributed by atoms with Crippen LogP contribution in [-0.4, -0.2) is 42.1 Å². The first kappa shape index (κ1) is 21.2. The van der Waals surface area contributed by atoms with Gasteiger partial charge in [-0.2, -0.15) is 0 Å². The molecular weight excluding hydrogens is 394 g/mol. The summed E-state index contributed by atoms with van der Waals surface area (Å²) in [7, 11) is 1.66. The quantitative estimate of drug-likeness (QED) is 0.601. The van der Waals surface area contributed by atoms with Crippen molar-refractivity contribution in [3.05, 3.63) is 64.6 Å². The van der Waals surface area contributed by atoms with E-state index in [1.165, 1.54) is 29.4 Å². The largest absolute Gasteiger partial charge is 0.497 e. The zero-order chi connectivity index (χ0) is 21.6. The maximum atomic E-state index is 12.6. The average molecular weight is 424 g/mol. The molecule has 1 fully saturated rings. The van der Waals surface area contributed by atoms with Crippen molar-refractivity contribution in [1.82, 2.24) is 14.8 Å². The van der Waals surface area contributed by atoms with Crippen molar-refractivity contribution < 1.29 is 13.9 Å². The highest BCUT2D eigenvalue weighted by molar-refractivity contribution is 5.76. The second kappa shape index (κ2) is 9.83. The zero-order valence-corrected chi connectivity index (χ0v) is 17.9. The molecule has 2 heterocycles. The van der Waals surface area contributed by atoms with Crippen LogP contribution in [0.5, 0.6) is 5.75 Å². The van der Waals surface area contributed by atoms with Crippen molar-refractivity contribution in [2.45, 2.75) is 38.3 Å².